The van der Waals surface area contributed by atoms with Gasteiger partial charge < -0.3 is 15.9 Å². The zero-order valence-corrected chi connectivity index (χ0v) is 19.5. The lowest BCUT2D eigenvalue weighted by Crippen LogP contribution is -2.24. The van der Waals surface area contributed by atoms with Gasteiger partial charge in [0.15, 0.2) is 5.82 Å². The lowest BCUT2D eigenvalue weighted by molar-refractivity contribution is -0.115. The molecule has 0 saturated carbocycles. The van der Waals surface area contributed by atoms with Crippen LogP contribution in [0.25, 0.3) is 0 Å². The number of ether oxygens (including phenoxy) is 1. The molecule has 3 aromatic rings. The fraction of sp³-hybridized carbons (Fsp3) is 0.318. The SMILES string of the molecule is CC(Sc1nnc(COc2ccc(C(C)(C)C)cc2)n1N)C(=O)Nc1cccc(Cl)c1. The second-order valence-electron chi connectivity index (χ2n) is 8.09. The number of halogens is 1. The highest BCUT2D eigenvalue weighted by Crippen LogP contribution is 2.25. The number of anilines is 1. The maximum Gasteiger partial charge on any atom is 0.237 e. The molecule has 1 heterocycles. The number of hydrogen-bond donors (Lipinski definition) is 2. The Balaban J connectivity index is 1.57. The second-order valence-corrected chi connectivity index (χ2v) is 9.84. The molecule has 2 aromatic carbocycles. The highest BCUT2D eigenvalue weighted by Gasteiger charge is 2.20. The number of hydrogen-bond acceptors (Lipinski definition) is 6. The first-order chi connectivity index (χ1) is 14.6. The summed E-state index contributed by atoms with van der Waals surface area (Å²) >= 11 is 7.17. The van der Waals surface area contributed by atoms with Crippen LogP contribution in [-0.2, 0) is 16.8 Å². The first-order valence-electron chi connectivity index (χ1n) is 9.79. The lowest BCUT2D eigenvalue weighted by atomic mass is 9.87. The number of nitrogens with zero attached hydrogens (tertiary/aromatic N) is 3. The molecule has 9 heteroatoms. The Morgan fingerprint density at radius 2 is 1.94 bits per heavy atom. The smallest absolute Gasteiger partial charge is 0.237 e. The average molecular weight is 460 g/mol. The monoisotopic (exact) mass is 459 g/mol. The number of thioether (sulfide) groups is 1. The molecule has 7 nitrogen and oxygen atoms in total. The van der Waals surface area contributed by atoms with E-state index < -0.39 is 5.25 Å². The van der Waals surface area contributed by atoms with Crippen molar-refractivity contribution in [3.05, 3.63) is 64.9 Å². The van der Waals surface area contributed by atoms with Crippen LogP contribution in [0.4, 0.5) is 5.69 Å². The zero-order chi connectivity index (χ0) is 22.6. The van der Waals surface area contributed by atoms with Crippen molar-refractivity contribution in [2.24, 2.45) is 0 Å². The average Bonchev–Trinajstić information content (AvgIpc) is 3.05. The molecule has 0 aliphatic rings. The Bertz CT molecular complexity index is 1050. The van der Waals surface area contributed by atoms with Crippen LogP contribution in [0.2, 0.25) is 5.02 Å². The van der Waals surface area contributed by atoms with Crippen LogP contribution in [0.5, 0.6) is 5.75 Å². The molecule has 3 rings (SSSR count). The minimum atomic E-state index is -0.441. The van der Waals surface area contributed by atoms with Gasteiger partial charge in [-0.15, -0.1) is 10.2 Å². The van der Waals surface area contributed by atoms with Gasteiger partial charge in [0.2, 0.25) is 11.1 Å². The van der Waals surface area contributed by atoms with Gasteiger partial charge in [-0.1, -0.05) is 62.3 Å². The minimum absolute atomic E-state index is 0.0812. The van der Waals surface area contributed by atoms with Gasteiger partial charge in [0.1, 0.15) is 12.4 Å². The van der Waals surface area contributed by atoms with Gasteiger partial charge in [-0.05, 0) is 48.2 Å². The first kappa shape index (κ1) is 23.0. The largest absolute Gasteiger partial charge is 0.486 e. The van der Waals surface area contributed by atoms with Crippen molar-refractivity contribution in [3.8, 4) is 5.75 Å². The summed E-state index contributed by atoms with van der Waals surface area (Å²) in [5.74, 6) is 7.11. The van der Waals surface area contributed by atoms with Crippen molar-refractivity contribution < 1.29 is 9.53 Å². The van der Waals surface area contributed by atoms with Crippen LogP contribution < -0.4 is 15.9 Å². The van der Waals surface area contributed by atoms with E-state index in [2.05, 4.69) is 36.3 Å². The van der Waals surface area contributed by atoms with Crippen molar-refractivity contribution in [2.45, 2.75) is 50.1 Å². The summed E-state index contributed by atoms with van der Waals surface area (Å²) in [6, 6.07) is 14.9. The number of aromatic nitrogens is 3. The number of benzene rings is 2. The Morgan fingerprint density at radius 3 is 2.58 bits per heavy atom. The number of nitrogen functional groups attached to an aromatic ring is 1. The number of carbonyl (C=O) groups excluding carboxylic acids is 1. The van der Waals surface area contributed by atoms with Gasteiger partial charge in [-0.3, -0.25) is 4.79 Å². The van der Waals surface area contributed by atoms with E-state index in [1.165, 1.54) is 22.0 Å². The van der Waals surface area contributed by atoms with Crippen LogP contribution in [0.1, 0.15) is 39.1 Å². The molecule has 0 bridgehead atoms. The molecule has 1 atom stereocenters. The van der Waals surface area contributed by atoms with E-state index in [0.29, 0.717) is 21.7 Å². The van der Waals surface area contributed by atoms with Crippen LogP contribution in [-0.4, -0.2) is 26.0 Å². The van der Waals surface area contributed by atoms with Crippen molar-refractivity contribution in [3.63, 3.8) is 0 Å². The standard InChI is InChI=1S/C22H26ClN5O2S/c1-14(20(29)25-17-7-5-6-16(23)12-17)31-21-27-26-19(28(21)24)13-30-18-10-8-15(9-11-18)22(2,3)4/h5-12,14H,13,24H2,1-4H3,(H,25,29). The van der Waals surface area contributed by atoms with Crippen LogP contribution in [0.15, 0.2) is 53.7 Å². The predicted octanol–water partition coefficient (Wildman–Crippen LogP) is 4.64. The summed E-state index contributed by atoms with van der Waals surface area (Å²) in [7, 11) is 0. The third-order valence-electron chi connectivity index (χ3n) is 4.57. The summed E-state index contributed by atoms with van der Waals surface area (Å²) in [4.78, 5) is 12.5. The second kappa shape index (κ2) is 9.62. The van der Waals surface area contributed by atoms with E-state index in [1.807, 2.05) is 24.3 Å². The molecule has 0 spiro atoms. The maximum absolute atomic E-state index is 12.5. The van der Waals surface area contributed by atoms with Crippen LogP contribution in [0, 0.1) is 0 Å². The molecule has 3 N–H and O–H groups in total. The molecule has 1 aromatic heterocycles. The van der Waals surface area contributed by atoms with Crippen molar-refractivity contribution in [1.29, 1.82) is 0 Å². The minimum Gasteiger partial charge on any atom is -0.486 e. The topological polar surface area (TPSA) is 95.1 Å². The molecular weight excluding hydrogens is 434 g/mol. The van der Waals surface area contributed by atoms with Crippen LogP contribution >= 0.6 is 23.4 Å². The molecule has 1 unspecified atom stereocenters. The molecule has 164 valence electrons. The van der Waals surface area contributed by atoms with Crippen LogP contribution in [0.3, 0.4) is 0 Å². The predicted molar refractivity (Wildman–Crippen MR) is 125 cm³/mol. The van der Waals surface area contributed by atoms with Crippen molar-refractivity contribution in [2.75, 3.05) is 11.2 Å². The molecule has 0 aliphatic carbocycles. The fourth-order valence-corrected chi connectivity index (χ4v) is 3.69. The Kier molecular flexibility index (Phi) is 7.12. The Labute approximate surface area is 191 Å². The number of nitrogens with two attached hydrogens (primary N) is 1. The number of nitrogens with one attached hydrogen (secondary N) is 1. The van der Waals surface area contributed by atoms with E-state index in [1.54, 1.807) is 31.2 Å². The maximum atomic E-state index is 12.5. The van der Waals surface area contributed by atoms with E-state index >= 15 is 0 Å². The quantitative estimate of drug-likeness (QED) is 0.394. The highest BCUT2D eigenvalue weighted by molar-refractivity contribution is 8.00. The van der Waals surface area contributed by atoms with E-state index in [0.717, 1.165) is 5.75 Å². The molecule has 0 saturated heterocycles. The summed E-state index contributed by atoms with van der Waals surface area (Å²) in [5, 5.41) is 11.5. The van der Waals surface area contributed by atoms with Gasteiger partial charge >= 0.3 is 0 Å². The molecular formula is C22H26ClN5O2S. The van der Waals surface area contributed by atoms with E-state index in [-0.39, 0.29) is 17.9 Å². The number of amides is 1. The molecule has 31 heavy (non-hydrogen) atoms. The van der Waals surface area contributed by atoms with Gasteiger partial charge in [0.25, 0.3) is 0 Å². The molecule has 0 fully saturated rings. The number of carbonyl (C=O) groups is 1. The van der Waals surface area contributed by atoms with Gasteiger partial charge in [-0.2, -0.15) is 0 Å². The Morgan fingerprint density at radius 1 is 1.23 bits per heavy atom. The summed E-state index contributed by atoms with van der Waals surface area (Å²) in [6.45, 7) is 8.42. The molecule has 0 radical (unpaired) electrons. The van der Waals surface area contributed by atoms with Crippen molar-refractivity contribution >= 4 is 35.0 Å². The molecule has 1 amide bonds. The summed E-state index contributed by atoms with van der Waals surface area (Å²) in [5.41, 5.74) is 1.94. The summed E-state index contributed by atoms with van der Waals surface area (Å²) < 4.78 is 7.14. The molecule has 0 aliphatic heterocycles. The first-order valence-corrected chi connectivity index (χ1v) is 11.0. The van der Waals surface area contributed by atoms with Gasteiger partial charge in [0, 0.05) is 10.7 Å². The van der Waals surface area contributed by atoms with E-state index in [9.17, 15) is 4.79 Å². The summed E-state index contributed by atoms with van der Waals surface area (Å²) in [6.07, 6.45) is 0. The zero-order valence-electron chi connectivity index (χ0n) is 17.9. The van der Waals surface area contributed by atoms with E-state index in [4.69, 9.17) is 22.2 Å². The van der Waals surface area contributed by atoms with Crippen molar-refractivity contribution in [1.82, 2.24) is 14.9 Å². The fourth-order valence-electron chi connectivity index (χ4n) is 2.71. The highest BCUT2D eigenvalue weighted by atomic mass is 35.5. The lowest BCUT2D eigenvalue weighted by Gasteiger charge is -2.19. The van der Waals surface area contributed by atoms with Gasteiger partial charge in [-0.25, -0.2) is 4.68 Å². The third kappa shape index (κ3) is 6.15. The normalized spacial score (nSPS) is 12.4. The third-order valence-corrected chi connectivity index (χ3v) is 5.86. The Hall–Kier alpha value is -2.71. The van der Waals surface area contributed by atoms with Gasteiger partial charge in [0.05, 0.1) is 5.25 Å². The number of rotatable bonds is 7.